The van der Waals surface area contributed by atoms with Crippen LogP contribution in [0.5, 0.6) is 0 Å². The molecule has 3 aromatic heterocycles. The molecule has 1 aromatic carbocycles. The van der Waals surface area contributed by atoms with E-state index in [1.807, 2.05) is 30.3 Å². The lowest BCUT2D eigenvalue weighted by Crippen LogP contribution is -2.40. The molecule has 3 heterocycles. The molecule has 0 spiro atoms. The molecule has 0 saturated heterocycles. The number of nitrogens with one attached hydrogen (secondary N) is 2. The zero-order chi connectivity index (χ0) is 21.5. The van der Waals surface area contributed by atoms with Crippen LogP contribution >= 0.6 is 24.0 Å². The van der Waals surface area contributed by atoms with E-state index < -0.39 is 0 Å². The van der Waals surface area contributed by atoms with Crippen LogP contribution in [0.25, 0.3) is 10.2 Å². The number of aromatic nitrogens is 6. The SMILES string of the molecule is O=C(NCCCCCc1nnn[nH]1)N(Cc1ccncc1)c1ccc2nc(S)sc2c1. The third-order valence-electron chi connectivity index (χ3n) is 4.76. The Hall–Kier alpha value is -3.05. The first kappa shape index (κ1) is 21.2. The van der Waals surface area contributed by atoms with Crippen molar-refractivity contribution < 1.29 is 4.79 Å². The lowest BCUT2D eigenvalue weighted by molar-refractivity contribution is 0.245. The van der Waals surface area contributed by atoms with Crippen LogP contribution in [0.1, 0.15) is 30.7 Å². The number of tetrazole rings is 1. The maximum atomic E-state index is 13.0. The summed E-state index contributed by atoms with van der Waals surface area (Å²) in [5, 5.41) is 16.8. The Balaban J connectivity index is 1.38. The van der Waals surface area contributed by atoms with Gasteiger partial charge in [0.15, 0.2) is 0 Å². The molecule has 0 atom stereocenters. The van der Waals surface area contributed by atoms with Crippen LogP contribution in [0.15, 0.2) is 47.1 Å². The van der Waals surface area contributed by atoms with Crippen LogP contribution in [0.2, 0.25) is 0 Å². The average molecular weight is 455 g/mol. The molecule has 4 rings (SSSR count). The summed E-state index contributed by atoms with van der Waals surface area (Å²) in [5.74, 6) is 0.787. The molecular weight excluding hydrogens is 432 g/mol. The van der Waals surface area contributed by atoms with Gasteiger partial charge in [0, 0.05) is 31.0 Å². The molecular formula is C20H22N8OS2. The second kappa shape index (κ2) is 10.3. The van der Waals surface area contributed by atoms with E-state index in [9.17, 15) is 4.79 Å². The number of thiol groups is 1. The summed E-state index contributed by atoms with van der Waals surface area (Å²) in [7, 11) is 0. The number of rotatable bonds is 9. The van der Waals surface area contributed by atoms with Gasteiger partial charge >= 0.3 is 6.03 Å². The van der Waals surface area contributed by atoms with Gasteiger partial charge in [0.1, 0.15) is 10.2 Å². The molecule has 0 bridgehead atoms. The van der Waals surface area contributed by atoms with Crippen LogP contribution in [0.3, 0.4) is 0 Å². The van der Waals surface area contributed by atoms with Crippen molar-refractivity contribution in [3.05, 3.63) is 54.1 Å². The minimum Gasteiger partial charge on any atom is -0.338 e. The molecule has 0 saturated carbocycles. The lowest BCUT2D eigenvalue weighted by Gasteiger charge is -2.23. The third kappa shape index (κ3) is 5.76. The minimum atomic E-state index is -0.133. The molecule has 0 aliphatic rings. The summed E-state index contributed by atoms with van der Waals surface area (Å²) in [4.78, 5) is 23.2. The minimum absolute atomic E-state index is 0.133. The summed E-state index contributed by atoms with van der Waals surface area (Å²) in [5.41, 5.74) is 2.70. The zero-order valence-corrected chi connectivity index (χ0v) is 18.4. The van der Waals surface area contributed by atoms with E-state index >= 15 is 0 Å². The van der Waals surface area contributed by atoms with Gasteiger partial charge in [0.2, 0.25) is 0 Å². The Morgan fingerprint density at radius 3 is 2.84 bits per heavy atom. The van der Waals surface area contributed by atoms with Gasteiger partial charge in [-0.3, -0.25) is 9.88 Å². The highest BCUT2D eigenvalue weighted by molar-refractivity contribution is 7.82. The number of pyridine rings is 1. The van der Waals surface area contributed by atoms with E-state index in [1.165, 1.54) is 11.3 Å². The Morgan fingerprint density at radius 2 is 2.03 bits per heavy atom. The smallest absolute Gasteiger partial charge is 0.322 e. The first-order valence-corrected chi connectivity index (χ1v) is 11.2. The third-order valence-corrected chi connectivity index (χ3v) is 5.96. The number of aryl methyl sites for hydroxylation is 1. The number of hydrogen-bond acceptors (Lipinski definition) is 8. The first-order valence-electron chi connectivity index (χ1n) is 9.95. The number of hydrogen-bond donors (Lipinski definition) is 3. The fourth-order valence-corrected chi connectivity index (χ4v) is 4.33. The standard InChI is InChI=1S/C20H22N8OS2/c29-19(22-9-3-1-2-4-18-24-26-27-25-18)28(13-14-7-10-21-11-8-14)15-5-6-16-17(12-15)31-20(30)23-16/h5-8,10-12H,1-4,9,13H2,(H,22,29)(H,23,30)(H,24,25,26,27). The van der Waals surface area contributed by atoms with Gasteiger partial charge in [-0.25, -0.2) is 14.9 Å². The number of thiazole rings is 1. The van der Waals surface area contributed by atoms with Crippen molar-refractivity contribution in [2.75, 3.05) is 11.4 Å². The number of benzene rings is 1. The van der Waals surface area contributed by atoms with Crippen molar-refractivity contribution in [3.63, 3.8) is 0 Å². The molecule has 2 N–H and O–H groups in total. The van der Waals surface area contributed by atoms with Gasteiger partial charge in [-0.2, -0.15) is 0 Å². The van der Waals surface area contributed by atoms with Crippen molar-refractivity contribution in [3.8, 4) is 0 Å². The molecule has 2 amide bonds. The number of unbranched alkanes of at least 4 members (excludes halogenated alkanes) is 2. The van der Waals surface area contributed by atoms with Crippen molar-refractivity contribution >= 4 is 45.9 Å². The van der Waals surface area contributed by atoms with E-state index in [-0.39, 0.29) is 6.03 Å². The highest BCUT2D eigenvalue weighted by Gasteiger charge is 2.17. The van der Waals surface area contributed by atoms with E-state index in [1.54, 1.807) is 17.3 Å². The van der Waals surface area contributed by atoms with Gasteiger partial charge in [0.05, 0.1) is 16.8 Å². The van der Waals surface area contributed by atoms with Crippen molar-refractivity contribution in [2.24, 2.45) is 0 Å². The number of anilines is 1. The van der Waals surface area contributed by atoms with Crippen LogP contribution in [0.4, 0.5) is 10.5 Å². The highest BCUT2D eigenvalue weighted by Crippen LogP contribution is 2.29. The van der Waals surface area contributed by atoms with Crippen molar-refractivity contribution in [1.29, 1.82) is 0 Å². The molecule has 11 heteroatoms. The number of H-pyrrole nitrogens is 1. The number of nitrogens with zero attached hydrogens (tertiary/aromatic N) is 6. The van der Waals surface area contributed by atoms with Gasteiger partial charge in [0.25, 0.3) is 0 Å². The van der Waals surface area contributed by atoms with Gasteiger partial charge in [-0.15, -0.1) is 29.1 Å². The van der Waals surface area contributed by atoms with Crippen molar-refractivity contribution in [1.82, 2.24) is 35.9 Å². The van der Waals surface area contributed by atoms with Crippen molar-refractivity contribution in [2.45, 2.75) is 36.6 Å². The average Bonchev–Trinajstić information content (AvgIpc) is 3.43. The summed E-state index contributed by atoms with van der Waals surface area (Å²) < 4.78 is 1.70. The highest BCUT2D eigenvalue weighted by atomic mass is 32.2. The maximum Gasteiger partial charge on any atom is 0.322 e. The van der Waals surface area contributed by atoms with Crippen LogP contribution < -0.4 is 10.2 Å². The maximum absolute atomic E-state index is 13.0. The number of carbonyl (C=O) groups excluding carboxylic acids is 1. The predicted molar refractivity (Wildman–Crippen MR) is 122 cm³/mol. The molecule has 0 aliphatic carbocycles. The summed E-state index contributed by atoms with van der Waals surface area (Å²) in [6.07, 6.45) is 7.08. The fraction of sp³-hybridized carbons (Fsp3) is 0.300. The first-order chi connectivity index (χ1) is 15.2. The summed E-state index contributed by atoms with van der Waals surface area (Å²) in [6.45, 7) is 1.05. The fourth-order valence-electron chi connectivity index (χ4n) is 3.19. The molecule has 4 aromatic rings. The normalized spacial score (nSPS) is 11.0. The second-order valence-corrected chi connectivity index (χ2v) is 8.74. The van der Waals surface area contributed by atoms with Crippen LogP contribution in [0, 0.1) is 0 Å². The van der Waals surface area contributed by atoms with E-state index in [4.69, 9.17) is 0 Å². The predicted octanol–water partition coefficient (Wildman–Crippen LogP) is 3.62. The summed E-state index contributed by atoms with van der Waals surface area (Å²) in [6, 6.07) is 9.52. The number of amides is 2. The summed E-state index contributed by atoms with van der Waals surface area (Å²) >= 11 is 5.83. The molecule has 31 heavy (non-hydrogen) atoms. The largest absolute Gasteiger partial charge is 0.338 e. The molecule has 0 radical (unpaired) electrons. The van der Waals surface area contributed by atoms with Crippen LogP contribution in [-0.2, 0) is 13.0 Å². The van der Waals surface area contributed by atoms with Gasteiger partial charge in [-0.1, -0.05) is 6.42 Å². The Morgan fingerprint density at radius 1 is 1.16 bits per heavy atom. The van der Waals surface area contributed by atoms with Gasteiger partial charge in [-0.05, 0) is 59.2 Å². The molecule has 0 fully saturated rings. The lowest BCUT2D eigenvalue weighted by atomic mass is 10.2. The number of aromatic amines is 1. The molecule has 0 unspecified atom stereocenters. The number of urea groups is 1. The quantitative estimate of drug-likeness (QED) is 0.263. The second-order valence-electron chi connectivity index (χ2n) is 6.98. The van der Waals surface area contributed by atoms with Gasteiger partial charge < -0.3 is 5.32 Å². The van der Waals surface area contributed by atoms with E-state index in [2.05, 4.69) is 48.5 Å². The monoisotopic (exact) mass is 454 g/mol. The Bertz CT molecular complexity index is 1120. The topological polar surface area (TPSA) is 113 Å². The number of carbonyl (C=O) groups is 1. The Labute approximate surface area is 188 Å². The Kier molecular flexibility index (Phi) is 7.05. The van der Waals surface area contributed by atoms with E-state index in [0.717, 1.165) is 53.0 Å². The molecule has 9 nitrogen and oxygen atoms in total. The molecule has 0 aliphatic heterocycles. The number of fused-ring (bicyclic) bond motifs is 1. The van der Waals surface area contributed by atoms with Crippen LogP contribution in [-0.4, -0.2) is 43.2 Å². The van der Waals surface area contributed by atoms with E-state index in [0.29, 0.717) is 17.4 Å². The molecule has 160 valence electrons. The zero-order valence-electron chi connectivity index (χ0n) is 16.7.